The van der Waals surface area contributed by atoms with Crippen LogP contribution >= 0.6 is 0 Å². The zero-order chi connectivity index (χ0) is 32.9. The molecule has 0 saturated carbocycles. The molecule has 0 rings (SSSR count). The second-order valence-corrected chi connectivity index (χ2v) is 13.5. The van der Waals surface area contributed by atoms with Gasteiger partial charge in [-0.3, -0.25) is 0 Å². The van der Waals surface area contributed by atoms with E-state index >= 15 is 0 Å². The summed E-state index contributed by atoms with van der Waals surface area (Å²) in [4.78, 5) is 0. The number of rotatable bonds is 35. The van der Waals surface area contributed by atoms with Gasteiger partial charge in [0.25, 0.3) is 0 Å². The quantitative estimate of drug-likeness (QED) is 0.0541. The van der Waals surface area contributed by atoms with Crippen LogP contribution in [0.5, 0.6) is 0 Å². The molecule has 0 aromatic carbocycles. The van der Waals surface area contributed by atoms with Gasteiger partial charge in [-0.15, -0.1) is 0 Å². The molecule has 0 radical (unpaired) electrons. The van der Waals surface area contributed by atoms with Gasteiger partial charge in [0.15, 0.2) is 0 Å². The molecule has 0 spiro atoms. The molecule has 0 bridgehead atoms. The molecule has 2 N–H and O–H groups in total. The molecular formula is C43H81NO. The van der Waals surface area contributed by atoms with Crippen molar-refractivity contribution in [2.75, 3.05) is 6.54 Å². The number of nitrogens with one attached hydrogen (secondary N) is 1. The van der Waals surface area contributed by atoms with Crippen molar-refractivity contribution in [2.45, 2.75) is 206 Å². The summed E-state index contributed by atoms with van der Waals surface area (Å²) < 4.78 is 0. The SMILES string of the molecule is C=C(NCCCC)C(O)(CCCCCCCC/C=C\C/C=C\CCCCC)CCCCCCCC/C=C\C/C=C\CCCCC.[HH]. The van der Waals surface area contributed by atoms with E-state index in [1.54, 1.807) is 0 Å². The number of allylic oxidation sites excluding steroid dienone is 8. The summed E-state index contributed by atoms with van der Waals surface area (Å²) in [7, 11) is 0. The fourth-order valence-electron chi connectivity index (χ4n) is 5.82. The molecule has 0 unspecified atom stereocenters. The van der Waals surface area contributed by atoms with Crippen molar-refractivity contribution in [3.8, 4) is 0 Å². The van der Waals surface area contributed by atoms with Crippen molar-refractivity contribution >= 4 is 0 Å². The summed E-state index contributed by atoms with van der Waals surface area (Å²) in [6.07, 6.45) is 52.8. The Morgan fingerprint density at radius 2 is 0.822 bits per heavy atom. The smallest absolute Gasteiger partial charge is 0.103 e. The summed E-state index contributed by atoms with van der Waals surface area (Å²) in [5, 5.41) is 15.1. The summed E-state index contributed by atoms with van der Waals surface area (Å²) in [6.45, 7) is 12.0. The maximum absolute atomic E-state index is 11.6. The number of hydrogen-bond acceptors (Lipinski definition) is 2. The molecule has 0 atom stereocenters. The standard InChI is InChI=1S/C43H79NO.H2/c1-5-8-11-13-15-17-19-21-23-25-27-29-31-33-35-37-39-43(45,42(4)44-41-10-7-3)40-38-36-34-32-30-28-26-24-22-20-18-16-14-12-9-6-2;/h15-18,21-24,44-45H,4-14,19-20,25-41H2,1-3H3;1H/b17-15-,18-16-,23-21-,24-22-;. The number of hydrogen-bond donors (Lipinski definition) is 2. The average molecular weight is 628 g/mol. The maximum Gasteiger partial charge on any atom is 0.103 e. The third-order valence-electron chi connectivity index (χ3n) is 9.01. The van der Waals surface area contributed by atoms with Gasteiger partial charge in [-0.1, -0.05) is 172 Å². The van der Waals surface area contributed by atoms with Crippen LogP contribution in [-0.4, -0.2) is 17.3 Å². The lowest BCUT2D eigenvalue weighted by molar-refractivity contribution is 0.0478. The highest BCUT2D eigenvalue weighted by Crippen LogP contribution is 2.28. The van der Waals surface area contributed by atoms with Crippen molar-refractivity contribution in [1.82, 2.24) is 5.32 Å². The first-order valence-corrected chi connectivity index (χ1v) is 19.9. The first-order chi connectivity index (χ1) is 22.1. The first-order valence-electron chi connectivity index (χ1n) is 19.9. The van der Waals surface area contributed by atoms with Gasteiger partial charge >= 0.3 is 0 Å². The predicted octanol–water partition coefficient (Wildman–Crippen LogP) is 14.3. The molecule has 0 fully saturated rings. The van der Waals surface area contributed by atoms with E-state index in [2.05, 4.69) is 81.3 Å². The second-order valence-electron chi connectivity index (χ2n) is 13.5. The highest BCUT2D eigenvalue weighted by atomic mass is 16.3. The molecule has 0 heterocycles. The second kappa shape index (κ2) is 35.3. The van der Waals surface area contributed by atoms with Gasteiger partial charge in [0.1, 0.15) is 5.60 Å². The molecule has 45 heavy (non-hydrogen) atoms. The van der Waals surface area contributed by atoms with E-state index in [4.69, 9.17) is 0 Å². The highest BCUT2D eigenvalue weighted by molar-refractivity contribution is 5.10. The molecule has 0 amide bonds. The van der Waals surface area contributed by atoms with Crippen molar-refractivity contribution in [3.05, 3.63) is 60.9 Å². The lowest BCUT2D eigenvalue weighted by atomic mass is 9.87. The Hall–Kier alpha value is -1.54. The van der Waals surface area contributed by atoms with Gasteiger partial charge in [0, 0.05) is 13.7 Å². The van der Waals surface area contributed by atoms with E-state index in [1.165, 1.54) is 128 Å². The molecule has 264 valence electrons. The summed E-state index contributed by atoms with van der Waals surface area (Å²) in [5.41, 5.74) is 0.110. The minimum Gasteiger partial charge on any atom is -0.386 e. The summed E-state index contributed by atoms with van der Waals surface area (Å²) in [6, 6.07) is 0. The topological polar surface area (TPSA) is 32.3 Å². The third kappa shape index (κ3) is 30.9. The Kier molecular flexibility index (Phi) is 34.1. The molecule has 0 aromatic heterocycles. The van der Waals surface area contributed by atoms with E-state index in [0.29, 0.717) is 0 Å². The average Bonchev–Trinajstić information content (AvgIpc) is 3.04. The molecule has 0 aliphatic rings. The van der Waals surface area contributed by atoms with Crippen molar-refractivity contribution in [1.29, 1.82) is 0 Å². The minimum atomic E-state index is -0.752. The minimum absolute atomic E-state index is 0. The fraction of sp³-hybridized carbons (Fsp3) is 0.767. The van der Waals surface area contributed by atoms with Crippen LogP contribution in [0.2, 0.25) is 0 Å². The Morgan fingerprint density at radius 1 is 0.489 bits per heavy atom. The Balaban J connectivity index is 0. The van der Waals surface area contributed by atoms with Gasteiger partial charge in [0.05, 0.1) is 0 Å². The molecule has 0 aliphatic carbocycles. The van der Waals surface area contributed by atoms with Crippen LogP contribution in [-0.2, 0) is 0 Å². The number of aliphatic hydroxyl groups is 1. The third-order valence-corrected chi connectivity index (χ3v) is 9.01. The van der Waals surface area contributed by atoms with Crippen molar-refractivity contribution in [3.63, 3.8) is 0 Å². The lowest BCUT2D eigenvalue weighted by Gasteiger charge is -2.31. The first kappa shape index (κ1) is 43.5. The molecule has 2 nitrogen and oxygen atoms in total. The zero-order valence-corrected chi connectivity index (χ0v) is 30.8. The van der Waals surface area contributed by atoms with Gasteiger partial charge < -0.3 is 10.4 Å². The van der Waals surface area contributed by atoms with Crippen LogP contribution in [0.4, 0.5) is 0 Å². The van der Waals surface area contributed by atoms with Crippen molar-refractivity contribution < 1.29 is 6.53 Å². The predicted molar refractivity (Wildman–Crippen MR) is 207 cm³/mol. The highest BCUT2D eigenvalue weighted by Gasteiger charge is 2.29. The Bertz CT molecular complexity index is 689. The van der Waals surface area contributed by atoms with E-state index in [1.807, 2.05) is 0 Å². The van der Waals surface area contributed by atoms with Crippen LogP contribution in [0.25, 0.3) is 0 Å². The largest absolute Gasteiger partial charge is 0.386 e. The normalized spacial score (nSPS) is 12.5. The van der Waals surface area contributed by atoms with Crippen LogP contribution in [0.1, 0.15) is 202 Å². The fourth-order valence-corrected chi connectivity index (χ4v) is 5.82. The maximum atomic E-state index is 11.6. The van der Waals surface area contributed by atoms with Gasteiger partial charge in [-0.25, -0.2) is 0 Å². The molecule has 0 saturated heterocycles. The van der Waals surface area contributed by atoms with Crippen LogP contribution in [0.3, 0.4) is 0 Å². The zero-order valence-electron chi connectivity index (χ0n) is 30.8. The van der Waals surface area contributed by atoms with Crippen molar-refractivity contribution in [2.24, 2.45) is 0 Å². The Morgan fingerprint density at radius 3 is 1.20 bits per heavy atom. The Labute approximate surface area is 284 Å². The van der Waals surface area contributed by atoms with Crippen LogP contribution < -0.4 is 5.32 Å². The molecular weight excluding hydrogens is 546 g/mol. The monoisotopic (exact) mass is 628 g/mol. The van der Waals surface area contributed by atoms with E-state index in [-0.39, 0.29) is 1.43 Å². The van der Waals surface area contributed by atoms with E-state index in [9.17, 15) is 5.11 Å². The van der Waals surface area contributed by atoms with Gasteiger partial charge in [-0.2, -0.15) is 0 Å². The summed E-state index contributed by atoms with van der Waals surface area (Å²) in [5.74, 6) is 0. The number of unbranched alkanes of at least 4 members (excludes halogenated alkanes) is 19. The molecule has 0 aromatic rings. The molecule has 0 aliphatic heterocycles. The van der Waals surface area contributed by atoms with Crippen LogP contribution in [0.15, 0.2) is 60.9 Å². The van der Waals surface area contributed by atoms with E-state index < -0.39 is 5.60 Å². The van der Waals surface area contributed by atoms with Crippen LogP contribution in [0, 0.1) is 0 Å². The molecule has 2 heteroatoms. The van der Waals surface area contributed by atoms with Gasteiger partial charge in [0.2, 0.25) is 0 Å². The summed E-state index contributed by atoms with van der Waals surface area (Å²) >= 11 is 0. The lowest BCUT2D eigenvalue weighted by Crippen LogP contribution is -2.38. The van der Waals surface area contributed by atoms with Gasteiger partial charge in [-0.05, 0) is 83.5 Å². The van der Waals surface area contributed by atoms with E-state index in [0.717, 1.165) is 63.6 Å².